The van der Waals surface area contributed by atoms with Crippen LogP contribution in [0.4, 0.5) is 0 Å². The lowest BCUT2D eigenvalue weighted by molar-refractivity contribution is 0.148. The third-order valence-corrected chi connectivity index (χ3v) is 1.97. The summed E-state index contributed by atoms with van der Waals surface area (Å²) in [6, 6.07) is 0.660. The number of rotatable bonds is 7. The smallest absolute Gasteiger partial charge is 0.122 e. The van der Waals surface area contributed by atoms with Crippen molar-refractivity contribution in [3.63, 3.8) is 0 Å². The Morgan fingerprint density at radius 2 is 2.29 bits per heavy atom. The first-order valence-corrected chi connectivity index (χ1v) is 5.39. The Hall–Kier alpha value is -0.310. The molecule has 0 radical (unpaired) electrons. The highest BCUT2D eigenvalue weighted by Crippen LogP contribution is 2.04. The largest absolute Gasteiger partial charge is 0.351 e. The lowest BCUT2D eigenvalue weighted by Gasteiger charge is -2.13. The average Bonchev–Trinajstić information content (AvgIpc) is 2.15. The average molecular weight is 218 g/mol. The number of halogens is 1. The van der Waals surface area contributed by atoms with Gasteiger partial charge in [0.15, 0.2) is 0 Å². The Kier molecular flexibility index (Phi) is 9.05. The highest BCUT2D eigenvalue weighted by Gasteiger charge is 2.00. The van der Waals surface area contributed by atoms with Crippen LogP contribution in [0.3, 0.4) is 0 Å². The maximum absolute atomic E-state index is 5.38. The van der Waals surface area contributed by atoms with E-state index in [9.17, 15) is 0 Å². The van der Waals surface area contributed by atoms with Crippen LogP contribution in [-0.4, -0.2) is 18.8 Å². The van der Waals surface area contributed by atoms with Crippen LogP contribution in [0.2, 0.25) is 0 Å². The first-order chi connectivity index (χ1) is 6.70. The van der Waals surface area contributed by atoms with Crippen molar-refractivity contribution in [2.45, 2.75) is 33.2 Å². The van der Waals surface area contributed by atoms with Gasteiger partial charge in [-0.05, 0) is 27.2 Å². The van der Waals surface area contributed by atoms with Gasteiger partial charge in [-0.15, -0.1) is 0 Å². The van der Waals surface area contributed by atoms with E-state index >= 15 is 0 Å². The summed E-state index contributed by atoms with van der Waals surface area (Å²) in [6.07, 6.45) is 7.23. The molecule has 0 aromatic carbocycles. The molecular weight excluding hydrogens is 198 g/mol. The van der Waals surface area contributed by atoms with Gasteiger partial charge in [-0.1, -0.05) is 35.4 Å². The van der Waals surface area contributed by atoms with E-state index in [4.69, 9.17) is 16.3 Å². The Morgan fingerprint density at radius 3 is 2.86 bits per heavy atom. The Balaban J connectivity index is 3.64. The lowest BCUT2D eigenvalue weighted by atomic mass is 10.1. The fourth-order valence-electron chi connectivity index (χ4n) is 1.12. The van der Waals surface area contributed by atoms with Crippen molar-refractivity contribution < 1.29 is 4.74 Å². The molecule has 3 heteroatoms. The zero-order valence-electron chi connectivity index (χ0n) is 9.22. The fraction of sp³-hybridized carbons (Fsp3) is 0.636. The highest BCUT2D eigenvalue weighted by atomic mass is 35.5. The van der Waals surface area contributed by atoms with Crippen LogP contribution in [0.5, 0.6) is 0 Å². The number of hydrogen-bond acceptors (Lipinski definition) is 2. The molecule has 0 unspecified atom stereocenters. The van der Waals surface area contributed by atoms with E-state index in [2.05, 4.69) is 31.3 Å². The zero-order valence-corrected chi connectivity index (χ0v) is 9.97. The first-order valence-electron chi connectivity index (χ1n) is 4.86. The molecule has 14 heavy (non-hydrogen) atoms. The second-order valence-electron chi connectivity index (χ2n) is 3.31. The minimum Gasteiger partial charge on any atom is -0.351 e. The van der Waals surface area contributed by atoms with Gasteiger partial charge in [0.25, 0.3) is 0 Å². The minimum absolute atomic E-state index is 0.243. The van der Waals surface area contributed by atoms with Crippen molar-refractivity contribution >= 4 is 11.6 Å². The molecule has 82 valence electrons. The molecule has 0 saturated heterocycles. The number of alkyl halides is 1. The predicted molar refractivity (Wildman–Crippen MR) is 62.5 cm³/mol. The summed E-state index contributed by atoms with van der Waals surface area (Å²) in [5, 5.41) is 3.22. The Bertz CT molecular complexity index is 190. The first kappa shape index (κ1) is 13.7. The van der Waals surface area contributed by atoms with Crippen molar-refractivity contribution in [3.8, 4) is 0 Å². The van der Waals surface area contributed by atoms with E-state index in [1.165, 1.54) is 5.57 Å². The molecule has 0 heterocycles. The van der Waals surface area contributed by atoms with E-state index in [0.717, 1.165) is 6.42 Å². The van der Waals surface area contributed by atoms with Crippen LogP contribution in [0, 0.1) is 0 Å². The molecule has 0 amide bonds. The molecule has 0 aliphatic carbocycles. The van der Waals surface area contributed by atoms with Crippen molar-refractivity contribution in [2.24, 2.45) is 0 Å². The van der Waals surface area contributed by atoms with Crippen molar-refractivity contribution in [1.29, 1.82) is 0 Å². The van der Waals surface area contributed by atoms with E-state index < -0.39 is 0 Å². The summed E-state index contributed by atoms with van der Waals surface area (Å²) in [4.78, 5) is 0. The normalized spacial score (nSPS) is 15.0. The van der Waals surface area contributed by atoms with Gasteiger partial charge in [0, 0.05) is 6.04 Å². The van der Waals surface area contributed by atoms with E-state index in [0.29, 0.717) is 12.8 Å². The molecule has 2 nitrogen and oxygen atoms in total. The predicted octanol–water partition coefficient (Wildman–Crippen LogP) is 3.05. The van der Waals surface area contributed by atoms with E-state index in [1.54, 1.807) is 0 Å². The van der Waals surface area contributed by atoms with Crippen molar-refractivity contribution in [2.75, 3.05) is 12.8 Å². The molecule has 0 aliphatic rings. The number of allylic oxidation sites excluding steroid dienone is 3. The van der Waals surface area contributed by atoms with Gasteiger partial charge in [0.05, 0.1) is 6.73 Å². The number of ether oxygens (including phenoxy) is 1. The quantitative estimate of drug-likeness (QED) is 0.306. The fourth-order valence-corrected chi connectivity index (χ4v) is 1.20. The molecule has 0 aromatic rings. The van der Waals surface area contributed by atoms with Gasteiger partial charge in [-0.2, -0.15) is 0 Å². The topological polar surface area (TPSA) is 21.3 Å². The zero-order chi connectivity index (χ0) is 10.8. The molecule has 0 aromatic heterocycles. The summed E-state index contributed by atoms with van der Waals surface area (Å²) >= 11 is 5.38. The molecule has 1 N–H and O–H groups in total. The summed E-state index contributed by atoms with van der Waals surface area (Å²) in [7, 11) is 0. The molecule has 0 saturated carbocycles. The molecule has 0 spiro atoms. The van der Waals surface area contributed by atoms with Crippen LogP contribution in [0.25, 0.3) is 0 Å². The van der Waals surface area contributed by atoms with Crippen molar-refractivity contribution in [1.82, 2.24) is 5.32 Å². The molecule has 0 bridgehead atoms. The van der Waals surface area contributed by atoms with Gasteiger partial charge in [0.2, 0.25) is 0 Å². The molecule has 0 aliphatic heterocycles. The third-order valence-electron chi connectivity index (χ3n) is 1.81. The Morgan fingerprint density at radius 1 is 1.57 bits per heavy atom. The van der Waals surface area contributed by atoms with Crippen LogP contribution in [0.1, 0.15) is 27.2 Å². The molecule has 1 atom stereocenters. The lowest BCUT2D eigenvalue weighted by Crippen LogP contribution is -2.28. The second-order valence-corrected chi connectivity index (χ2v) is 3.52. The van der Waals surface area contributed by atoms with Crippen LogP contribution in [-0.2, 0) is 4.74 Å². The van der Waals surface area contributed by atoms with Crippen LogP contribution in [0.15, 0.2) is 23.8 Å². The van der Waals surface area contributed by atoms with Gasteiger partial charge in [0.1, 0.15) is 6.07 Å². The molecule has 0 fully saturated rings. The molecule has 0 rings (SSSR count). The minimum atomic E-state index is 0.243. The summed E-state index contributed by atoms with van der Waals surface area (Å²) in [6.45, 7) is 6.78. The second kappa shape index (κ2) is 9.25. The summed E-state index contributed by atoms with van der Waals surface area (Å²) in [5.74, 6) is 0. The van der Waals surface area contributed by atoms with Gasteiger partial charge < -0.3 is 4.74 Å². The Labute approximate surface area is 92.0 Å². The van der Waals surface area contributed by atoms with E-state index in [1.807, 2.05) is 13.0 Å². The summed E-state index contributed by atoms with van der Waals surface area (Å²) in [5.41, 5.74) is 1.36. The monoisotopic (exact) mass is 217 g/mol. The van der Waals surface area contributed by atoms with Gasteiger partial charge in [-0.3, -0.25) is 5.32 Å². The van der Waals surface area contributed by atoms with Crippen molar-refractivity contribution in [3.05, 3.63) is 23.8 Å². The maximum atomic E-state index is 5.38. The number of hydrogen-bond donors (Lipinski definition) is 1. The molecular formula is C11H20ClNO. The number of nitrogens with one attached hydrogen (secondary N) is 1. The summed E-state index contributed by atoms with van der Waals surface area (Å²) < 4.78 is 4.99. The SMILES string of the molecule is C/C=C\C=C(/C)C[C@H](C)NCOCCl. The van der Waals surface area contributed by atoms with Crippen LogP contribution >= 0.6 is 11.6 Å². The third kappa shape index (κ3) is 8.30. The standard InChI is InChI=1S/C11H20ClNO/c1-4-5-6-10(2)7-11(3)13-9-14-8-12/h4-6,11,13H,7-9H2,1-3H3/b5-4-,10-6+/t11-/m0/s1. The van der Waals surface area contributed by atoms with Crippen LogP contribution < -0.4 is 5.32 Å². The maximum Gasteiger partial charge on any atom is 0.122 e. The highest BCUT2D eigenvalue weighted by molar-refractivity contribution is 6.17. The van der Waals surface area contributed by atoms with Gasteiger partial charge >= 0.3 is 0 Å². The van der Waals surface area contributed by atoms with Gasteiger partial charge in [-0.25, -0.2) is 0 Å². The van der Waals surface area contributed by atoms with E-state index in [-0.39, 0.29) is 6.07 Å².